The largest absolute Gasteiger partial charge is 0.484 e. The van der Waals surface area contributed by atoms with Crippen molar-refractivity contribution in [1.29, 1.82) is 0 Å². The molecule has 1 aliphatic heterocycles. The predicted octanol–water partition coefficient (Wildman–Crippen LogP) is 2.07. The number of nitrogens with one attached hydrogen (secondary N) is 2. The summed E-state index contributed by atoms with van der Waals surface area (Å²) in [6.07, 6.45) is 1.10. The Kier molecular flexibility index (Phi) is 4.62. The fourth-order valence-electron chi connectivity index (χ4n) is 2.27. The van der Waals surface area contributed by atoms with Crippen molar-refractivity contribution in [1.82, 2.24) is 5.32 Å². The van der Waals surface area contributed by atoms with E-state index in [1.54, 1.807) is 18.2 Å². The number of rotatable bonds is 6. The van der Waals surface area contributed by atoms with Crippen LogP contribution in [0, 0.1) is 10.1 Å². The number of hydrogen-bond donors (Lipinski definition) is 2. The topological polar surface area (TPSA) is 93.5 Å². The van der Waals surface area contributed by atoms with Gasteiger partial charge in [-0.25, -0.2) is 0 Å². The molecule has 1 saturated heterocycles. The summed E-state index contributed by atoms with van der Waals surface area (Å²) in [5, 5.41) is 17.1. The molecule has 1 fully saturated rings. The number of carbonyl (C=O) groups excluding carboxylic acids is 1. The van der Waals surface area contributed by atoms with Crippen LogP contribution in [0.4, 0.5) is 11.4 Å². The van der Waals surface area contributed by atoms with Crippen molar-refractivity contribution in [3.63, 3.8) is 0 Å². The number of benzene rings is 1. The van der Waals surface area contributed by atoms with Crippen molar-refractivity contribution >= 4 is 17.3 Å². The molecule has 0 aromatic heterocycles. The molecule has 2 rings (SSSR count). The van der Waals surface area contributed by atoms with Crippen LogP contribution in [0.15, 0.2) is 18.2 Å². The first-order valence-electron chi connectivity index (χ1n) is 6.94. The van der Waals surface area contributed by atoms with Crippen LogP contribution in [0.25, 0.3) is 0 Å². The quantitative estimate of drug-likeness (QED) is 0.618. The molecular formula is C14H19N3O4. The van der Waals surface area contributed by atoms with Gasteiger partial charge in [-0.3, -0.25) is 14.9 Å². The van der Waals surface area contributed by atoms with Crippen LogP contribution in [0.2, 0.25) is 0 Å². The highest BCUT2D eigenvalue weighted by Gasteiger charge is 2.24. The van der Waals surface area contributed by atoms with Gasteiger partial charge in [0, 0.05) is 19.0 Å². The average molecular weight is 293 g/mol. The molecule has 1 unspecified atom stereocenters. The fourth-order valence-corrected chi connectivity index (χ4v) is 2.27. The molecule has 114 valence electrons. The van der Waals surface area contributed by atoms with Crippen molar-refractivity contribution < 1.29 is 14.5 Å². The van der Waals surface area contributed by atoms with Gasteiger partial charge in [0.05, 0.1) is 11.0 Å². The zero-order valence-corrected chi connectivity index (χ0v) is 12.1. The zero-order valence-electron chi connectivity index (χ0n) is 12.1. The van der Waals surface area contributed by atoms with E-state index < -0.39 is 4.92 Å². The second-order valence-corrected chi connectivity index (χ2v) is 5.26. The summed E-state index contributed by atoms with van der Waals surface area (Å²) < 4.78 is 5.48. The molecule has 2 N–H and O–H groups in total. The SMILES string of the molecule is CC(C)Oc1cccc(NCC2CCC(=O)N2)c1[N+](=O)[O-]. The molecule has 0 radical (unpaired) electrons. The van der Waals surface area contributed by atoms with Crippen LogP contribution in [-0.4, -0.2) is 29.5 Å². The van der Waals surface area contributed by atoms with Crippen molar-refractivity contribution in [2.45, 2.75) is 38.8 Å². The molecule has 7 heteroatoms. The lowest BCUT2D eigenvalue weighted by Gasteiger charge is -2.15. The number of hydrogen-bond acceptors (Lipinski definition) is 5. The van der Waals surface area contributed by atoms with Crippen LogP contribution in [0.1, 0.15) is 26.7 Å². The Morgan fingerprint density at radius 3 is 2.86 bits per heavy atom. The van der Waals surface area contributed by atoms with Gasteiger partial charge >= 0.3 is 5.69 Å². The van der Waals surface area contributed by atoms with Crippen LogP contribution in [0.3, 0.4) is 0 Å². The molecule has 1 aliphatic rings. The number of para-hydroxylation sites is 1. The third-order valence-electron chi connectivity index (χ3n) is 3.17. The van der Waals surface area contributed by atoms with Crippen LogP contribution >= 0.6 is 0 Å². The summed E-state index contributed by atoms with van der Waals surface area (Å²) in [6.45, 7) is 4.09. The maximum atomic E-state index is 11.3. The monoisotopic (exact) mass is 293 g/mol. The molecule has 0 spiro atoms. The van der Waals surface area contributed by atoms with Gasteiger partial charge in [0.2, 0.25) is 5.91 Å². The van der Waals surface area contributed by atoms with Crippen molar-refractivity contribution in [3.8, 4) is 5.75 Å². The van der Waals surface area contributed by atoms with E-state index in [2.05, 4.69) is 10.6 Å². The summed E-state index contributed by atoms with van der Waals surface area (Å²) in [6, 6.07) is 4.94. The maximum absolute atomic E-state index is 11.3. The Labute approximate surface area is 122 Å². The third kappa shape index (κ3) is 3.84. The Morgan fingerprint density at radius 1 is 1.52 bits per heavy atom. The van der Waals surface area contributed by atoms with Gasteiger partial charge in [0.1, 0.15) is 5.69 Å². The van der Waals surface area contributed by atoms with Gasteiger partial charge in [-0.05, 0) is 32.4 Å². The van der Waals surface area contributed by atoms with E-state index in [1.807, 2.05) is 13.8 Å². The van der Waals surface area contributed by atoms with E-state index in [0.717, 1.165) is 6.42 Å². The number of anilines is 1. The van der Waals surface area contributed by atoms with Crippen molar-refractivity contribution in [2.75, 3.05) is 11.9 Å². The van der Waals surface area contributed by atoms with Gasteiger partial charge < -0.3 is 15.4 Å². The molecule has 0 bridgehead atoms. The molecule has 7 nitrogen and oxygen atoms in total. The van der Waals surface area contributed by atoms with Crippen LogP contribution in [-0.2, 0) is 4.79 Å². The standard InChI is InChI=1S/C14H19N3O4/c1-9(2)21-12-5-3-4-11(14(12)17(19)20)15-8-10-6-7-13(18)16-10/h3-5,9-10,15H,6-8H2,1-2H3,(H,16,18). The minimum Gasteiger partial charge on any atom is -0.484 e. The molecule has 1 amide bonds. The first kappa shape index (κ1) is 15.1. The van der Waals surface area contributed by atoms with Gasteiger partial charge in [0.15, 0.2) is 5.75 Å². The Morgan fingerprint density at radius 2 is 2.29 bits per heavy atom. The highest BCUT2D eigenvalue weighted by atomic mass is 16.6. The zero-order chi connectivity index (χ0) is 15.4. The fraction of sp³-hybridized carbons (Fsp3) is 0.500. The predicted molar refractivity (Wildman–Crippen MR) is 78.5 cm³/mol. The van der Waals surface area contributed by atoms with Crippen LogP contribution in [0.5, 0.6) is 5.75 Å². The van der Waals surface area contributed by atoms with Crippen LogP contribution < -0.4 is 15.4 Å². The van der Waals surface area contributed by atoms with E-state index >= 15 is 0 Å². The minimum atomic E-state index is -0.451. The molecule has 1 aromatic carbocycles. The smallest absolute Gasteiger partial charge is 0.333 e. The summed E-state index contributed by atoms with van der Waals surface area (Å²) in [5.74, 6) is 0.267. The van der Waals surface area contributed by atoms with E-state index in [-0.39, 0.29) is 29.5 Å². The summed E-state index contributed by atoms with van der Waals surface area (Å²) in [5.41, 5.74) is 0.329. The number of carbonyl (C=O) groups is 1. The molecule has 0 aliphatic carbocycles. The summed E-state index contributed by atoms with van der Waals surface area (Å²) in [7, 11) is 0. The summed E-state index contributed by atoms with van der Waals surface area (Å²) in [4.78, 5) is 22.0. The average Bonchev–Trinajstić information content (AvgIpc) is 2.81. The molecule has 0 saturated carbocycles. The number of nitro groups is 1. The highest BCUT2D eigenvalue weighted by Crippen LogP contribution is 2.35. The number of amides is 1. The van der Waals surface area contributed by atoms with E-state index in [1.165, 1.54) is 0 Å². The van der Waals surface area contributed by atoms with E-state index in [4.69, 9.17) is 4.74 Å². The number of ether oxygens (including phenoxy) is 1. The Hall–Kier alpha value is -2.31. The maximum Gasteiger partial charge on any atom is 0.333 e. The minimum absolute atomic E-state index is 0.00628. The van der Waals surface area contributed by atoms with Crippen molar-refractivity contribution in [3.05, 3.63) is 28.3 Å². The van der Waals surface area contributed by atoms with E-state index in [0.29, 0.717) is 18.7 Å². The lowest BCUT2D eigenvalue weighted by Crippen LogP contribution is -2.31. The molecule has 1 aromatic rings. The summed E-state index contributed by atoms with van der Waals surface area (Å²) >= 11 is 0. The first-order valence-corrected chi connectivity index (χ1v) is 6.94. The first-order chi connectivity index (χ1) is 9.97. The lowest BCUT2D eigenvalue weighted by molar-refractivity contribution is -0.385. The van der Waals surface area contributed by atoms with Gasteiger partial charge in [0.25, 0.3) is 0 Å². The van der Waals surface area contributed by atoms with E-state index in [9.17, 15) is 14.9 Å². The second-order valence-electron chi connectivity index (χ2n) is 5.26. The Balaban J connectivity index is 2.14. The molecule has 1 atom stereocenters. The lowest BCUT2D eigenvalue weighted by atomic mass is 10.2. The Bertz CT molecular complexity index is 545. The molecule has 1 heterocycles. The van der Waals surface area contributed by atoms with Gasteiger partial charge in [-0.2, -0.15) is 0 Å². The molecule has 21 heavy (non-hydrogen) atoms. The highest BCUT2D eigenvalue weighted by molar-refractivity contribution is 5.78. The number of nitro benzene ring substituents is 1. The molecular weight excluding hydrogens is 274 g/mol. The second kappa shape index (κ2) is 6.43. The van der Waals surface area contributed by atoms with Crippen molar-refractivity contribution in [2.24, 2.45) is 0 Å². The number of nitrogens with zero attached hydrogens (tertiary/aromatic N) is 1. The van der Waals surface area contributed by atoms with Gasteiger partial charge in [-0.15, -0.1) is 0 Å². The van der Waals surface area contributed by atoms with Gasteiger partial charge in [-0.1, -0.05) is 6.07 Å². The third-order valence-corrected chi connectivity index (χ3v) is 3.17. The normalized spacial score (nSPS) is 17.7.